The Bertz CT molecular complexity index is 638. The van der Waals surface area contributed by atoms with Crippen LogP contribution < -0.4 is 5.56 Å². The Morgan fingerprint density at radius 1 is 1.44 bits per heavy atom. The van der Waals surface area contributed by atoms with E-state index in [1.54, 1.807) is 0 Å². The van der Waals surface area contributed by atoms with Crippen molar-refractivity contribution in [3.63, 3.8) is 0 Å². The van der Waals surface area contributed by atoms with Crippen LogP contribution in [-0.2, 0) is 11.3 Å². The fraction of sp³-hybridized carbons (Fsp3) is 0.462. The van der Waals surface area contributed by atoms with Crippen molar-refractivity contribution in [3.05, 3.63) is 28.1 Å². The maximum atomic E-state index is 12.1. The Morgan fingerprint density at radius 3 is 3.00 bits per heavy atom. The number of hydrogen-bond acceptors (Lipinski definition) is 4. The van der Waals surface area contributed by atoms with Gasteiger partial charge in [0.15, 0.2) is 5.78 Å². The molecule has 1 saturated carbocycles. The second-order valence-corrected chi connectivity index (χ2v) is 5.68. The van der Waals surface area contributed by atoms with Crippen LogP contribution in [0.15, 0.2) is 22.6 Å². The van der Waals surface area contributed by atoms with Gasteiger partial charge in [-0.05, 0) is 24.3 Å². The lowest BCUT2D eigenvalue weighted by Gasteiger charge is -2.09. The van der Waals surface area contributed by atoms with Gasteiger partial charge >= 0.3 is 0 Å². The number of aromatic nitrogens is 2. The molecule has 94 valence electrons. The molecule has 4 nitrogen and oxygen atoms in total. The third kappa shape index (κ3) is 1.99. The molecule has 0 aliphatic heterocycles. The van der Waals surface area contributed by atoms with Crippen molar-refractivity contribution in [2.75, 3.05) is 0 Å². The molecule has 0 amide bonds. The number of thiophene rings is 1. The summed E-state index contributed by atoms with van der Waals surface area (Å²) in [5.41, 5.74) is 0.621. The molecule has 0 spiro atoms. The average molecular weight is 262 g/mol. The normalized spacial score (nSPS) is 16.4. The fourth-order valence-electron chi connectivity index (χ4n) is 2.54. The fourth-order valence-corrected chi connectivity index (χ4v) is 3.33. The van der Waals surface area contributed by atoms with E-state index in [-0.39, 0.29) is 23.8 Å². The van der Waals surface area contributed by atoms with Crippen molar-refractivity contribution in [2.45, 2.75) is 32.2 Å². The van der Waals surface area contributed by atoms with E-state index >= 15 is 0 Å². The smallest absolute Gasteiger partial charge is 0.271 e. The van der Waals surface area contributed by atoms with Gasteiger partial charge < -0.3 is 0 Å². The molecule has 2 heterocycles. The molecule has 1 aliphatic rings. The lowest BCUT2D eigenvalue weighted by atomic mass is 10.0. The minimum atomic E-state index is -0.0960. The highest BCUT2D eigenvalue weighted by atomic mass is 32.1. The van der Waals surface area contributed by atoms with Crippen molar-refractivity contribution >= 4 is 27.3 Å². The molecule has 1 aliphatic carbocycles. The summed E-state index contributed by atoms with van der Waals surface area (Å²) in [6, 6.07) is 1.82. The number of carbonyl (C=O) groups excluding carboxylic acids is 1. The molecular weight excluding hydrogens is 248 g/mol. The SMILES string of the molecule is O=C(Cn1cnc2ccsc2c1=O)C1CCCC1. The standard InChI is InChI=1S/C13H14N2O2S/c16-11(9-3-1-2-4-9)7-15-8-14-10-5-6-18-12(10)13(15)17/h5-6,8-9H,1-4,7H2. The van der Waals surface area contributed by atoms with Gasteiger partial charge in [0, 0.05) is 5.92 Å². The number of nitrogens with zero attached hydrogens (tertiary/aromatic N) is 2. The van der Waals surface area contributed by atoms with Gasteiger partial charge in [0.05, 0.1) is 18.4 Å². The second kappa shape index (κ2) is 4.65. The predicted octanol–water partition coefficient (Wildman–Crippen LogP) is 2.22. The number of carbonyl (C=O) groups is 1. The molecule has 0 N–H and O–H groups in total. The second-order valence-electron chi connectivity index (χ2n) is 4.76. The van der Waals surface area contributed by atoms with Crippen LogP contribution in [0, 0.1) is 5.92 Å². The summed E-state index contributed by atoms with van der Waals surface area (Å²) in [4.78, 5) is 28.4. The van der Waals surface area contributed by atoms with E-state index in [9.17, 15) is 9.59 Å². The Labute approximate surface area is 108 Å². The monoisotopic (exact) mass is 262 g/mol. The molecule has 0 unspecified atom stereocenters. The summed E-state index contributed by atoms with van der Waals surface area (Å²) in [6.07, 6.45) is 5.70. The highest BCUT2D eigenvalue weighted by Crippen LogP contribution is 2.25. The molecule has 2 aromatic heterocycles. The van der Waals surface area contributed by atoms with Crippen molar-refractivity contribution in [1.82, 2.24) is 9.55 Å². The minimum Gasteiger partial charge on any atom is -0.297 e. The van der Waals surface area contributed by atoms with Crippen LogP contribution in [0.2, 0.25) is 0 Å². The van der Waals surface area contributed by atoms with E-state index in [0.29, 0.717) is 4.70 Å². The first-order valence-corrected chi connectivity index (χ1v) is 7.09. The Balaban J connectivity index is 1.88. The van der Waals surface area contributed by atoms with Gasteiger partial charge in [-0.25, -0.2) is 4.98 Å². The minimum absolute atomic E-state index is 0.0960. The molecule has 0 saturated heterocycles. The van der Waals surface area contributed by atoms with Crippen LogP contribution >= 0.6 is 11.3 Å². The molecule has 3 rings (SSSR count). The zero-order valence-electron chi connectivity index (χ0n) is 9.96. The molecule has 0 radical (unpaired) electrons. The number of ketones is 1. The molecule has 18 heavy (non-hydrogen) atoms. The van der Waals surface area contributed by atoms with Gasteiger partial charge in [0.25, 0.3) is 5.56 Å². The number of fused-ring (bicyclic) bond motifs is 1. The third-order valence-corrected chi connectivity index (χ3v) is 4.46. The van der Waals surface area contributed by atoms with Gasteiger partial charge in [0.2, 0.25) is 0 Å². The Morgan fingerprint density at radius 2 is 2.22 bits per heavy atom. The van der Waals surface area contributed by atoms with Crippen LogP contribution in [0.3, 0.4) is 0 Å². The molecule has 0 atom stereocenters. The topological polar surface area (TPSA) is 52.0 Å². The van der Waals surface area contributed by atoms with E-state index in [1.807, 2.05) is 11.4 Å². The highest BCUT2D eigenvalue weighted by Gasteiger charge is 2.23. The molecule has 5 heteroatoms. The summed E-state index contributed by atoms with van der Waals surface area (Å²) in [5, 5.41) is 1.85. The van der Waals surface area contributed by atoms with Crippen LogP contribution in [0.25, 0.3) is 10.2 Å². The van der Waals surface area contributed by atoms with Crippen molar-refractivity contribution < 1.29 is 4.79 Å². The van der Waals surface area contributed by atoms with Crippen molar-refractivity contribution in [2.24, 2.45) is 5.92 Å². The molecule has 0 aromatic carbocycles. The first kappa shape index (κ1) is 11.6. The van der Waals surface area contributed by atoms with E-state index in [1.165, 1.54) is 22.2 Å². The largest absolute Gasteiger partial charge is 0.297 e. The van der Waals surface area contributed by atoms with E-state index in [4.69, 9.17) is 0 Å². The highest BCUT2D eigenvalue weighted by molar-refractivity contribution is 7.17. The van der Waals surface area contributed by atoms with Crippen molar-refractivity contribution in [1.29, 1.82) is 0 Å². The number of rotatable bonds is 3. The van der Waals surface area contributed by atoms with E-state index in [2.05, 4.69) is 4.98 Å². The zero-order chi connectivity index (χ0) is 12.5. The third-order valence-electron chi connectivity index (χ3n) is 3.57. The molecule has 0 bridgehead atoms. The molecule has 2 aromatic rings. The van der Waals surface area contributed by atoms with Crippen molar-refractivity contribution in [3.8, 4) is 0 Å². The average Bonchev–Trinajstić information content (AvgIpc) is 3.02. The van der Waals surface area contributed by atoms with Gasteiger partial charge in [0.1, 0.15) is 4.70 Å². The summed E-state index contributed by atoms with van der Waals surface area (Å²) >= 11 is 1.38. The quantitative estimate of drug-likeness (QED) is 0.852. The zero-order valence-corrected chi connectivity index (χ0v) is 10.8. The molecular formula is C13H14N2O2S. The molecule has 1 fully saturated rings. The first-order valence-electron chi connectivity index (χ1n) is 6.21. The first-order chi connectivity index (χ1) is 8.75. The van der Waals surface area contributed by atoms with E-state index < -0.39 is 0 Å². The van der Waals surface area contributed by atoms with Crippen LogP contribution in [0.4, 0.5) is 0 Å². The Kier molecular flexibility index (Phi) is 2.99. The summed E-state index contributed by atoms with van der Waals surface area (Å²) in [7, 11) is 0. The number of Topliss-reactive ketones (excluding diaryl/α,β-unsaturated/α-hetero) is 1. The Hall–Kier alpha value is -1.49. The van der Waals surface area contributed by atoms with Gasteiger partial charge in [-0.2, -0.15) is 0 Å². The van der Waals surface area contributed by atoms with Crippen LogP contribution in [0.1, 0.15) is 25.7 Å². The van der Waals surface area contributed by atoms with Crippen LogP contribution in [0.5, 0.6) is 0 Å². The lowest BCUT2D eigenvalue weighted by Crippen LogP contribution is -2.26. The summed E-state index contributed by atoms with van der Waals surface area (Å²) < 4.78 is 2.08. The summed E-state index contributed by atoms with van der Waals surface area (Å²) in [6.45, 7) is 0.171. The van der Waals surface area contributed by atoms with Crippen LogP contribution in [-0.4, -0.2) is 15.3 Å². The maximum Gasteiger partial charge on any atom is 0.271 e. The van der Waals surface area contributed by atoms with Gasteiger partial charge in [-0.1, -0.05) is 12.8 Å². The maximum absolute atomic E-state index is 12.1. The van der Waals surface area contributed by atoms with Gasteiger partial charge in [-0.3, -0.25) is 14.2 Å². The predicted molar refractivity (Wildman–Crippen MR) is 70.8 cm³/mol. The number of hydrogen-bond donors (Lipinski definition) is 0. The van der Waals surface area contributed by atoms with E-state index in [0.717, 1.165) is 31.2 Å². The summed E-state index contributed by atoms with van der Waals surface area (Å²) in [5.74, 6) is 0.322. The van der Waals surface area contributed by atoms with Gasteiger partial charge in [-0.15, -0.1) is 11.3 Å². The lowest BCUT2D eigenvalue weighted by molar-refractivity contribution is -0.123.